The molecule has 0 amide bonds. The van der Waals surface area contributed by atoms with Crippen molar-refractivity contribution in [3.8, 4) is 0 Å². The third-order valence-electron chi connectivity index (χ3n) is 3.98. The predicted molar refractivity (Wildman–Crippen MR) is 94.8 cm³/mol. The Balaban J connectivity index is 1.82. The Morgan fingerprint density at radius 3 is 2.70 bits per heavy atom. The zero-order valence-corrected chi connectivity index (χ0v) is 12.9. The van der Waals surface area contributed by atoms with Crippen LogP contribution >= 0.6 is 0 Å². The van der Waals surface area contributed by atoms with E-state index in [4.69, 9.17) is 4.42 Å². The lowest BCUT2D eigenvalue weighted by molar-refractivity contribution is 0.559. The van der Waals surface area contributed by atoms with E-state index in [9.17, 15) is 4.79 Å². The van der Waals surface area contributed by atoms with E-state index in [1.54, 1.807) is 0 Å². The third-order valence-corrected chi connectivity index (χ3v) is 3.98. The molecule has 0 fully saturated rings. The topological polar surface area (TPSA) is 45.8 Å². The normalized spacial score (nSPS) is 12.7. The van der Waals surface area contributed by atoms with Crippen molar-refractivity contribution in [2.24, 2.45) is 4.99 Å². The Labute approximate surface area is 134 Å². The fourth-order valence-corrected chi connectivity index (χ4v) is 2.72. The van der Waals surface area contributed by atoms with Crippen LogP contribution in [0.4, 0.5) is 11.4 Å². The van der Waals surface area contributed by atoms with Gasteiger partial charge in [0.25, 0.3) is 0 Å². The summed E-state index contributed by atoms with van der Waals surface area (Å²) in [5.74, 6) is 0. The molecule has 0 bridgehead atoms. The van der Waals surface area contributed by atoms with E-state index >= 15 is 0 Å². The highest BCUT2D eigenvalue weighted by molar-refractivity contribution is 6.90. The highest BCUT2D eigenvalue weighted by Gasteiger charge is 2.20. The minimum atomic E-state index is -0.365. The lowest BCUT2D eigenvalue weighted by Crippen LogP contribution is -2.23. The summed E-state index contributed by atoms with van der Waals surface area (Å²) in [4.78, 5) is 18.9. The molecule has 4 rings (SSSR count). The van der Waals surface area contributed by atoms with Crippen molar-refractivity contribution in [3.63, 3.8) is 0 Å². The molecule has 0 unspecified atom stereocenters. The number of para-hydroxylation sites is 1. The Morgan fingerprint density at radius 1 is 1.09 bits per heavy atom. The molecular weight excluding hydrogens is 287 g/mol. The molecule has 0 saturated heterocycles. The number of hydrogen-bond donors (Lipinski definition) is 0. The number of nitrogens with zero attached hydrogens (tertiary/aromatic N) is 2. The van der Waals surface area contributed by atoms with Crippen LogP contribution in [-0.2, 0) is 0 Å². The van der Waals surface area contributed by atoms with Gasteiger partial charge in [0.2, 0.25) is 7.28 Å². The minimum absolute atomic E-state index is 0.365. The summed E-state index contributed by atoms with van der Waals surface area (Å²) >= 11 is 0. The molecule has 2 heterocycles. The molecule has 0 aliphatic carbocycles. The number of benzene rings is 2. The summed E-state index contributed by atoms with van der Waals surface area (Å²) in [6, 6.07) is 15.5. The molecule has 23 heavy (non-hydrogen) atoms. The Morgan fingerprint density at radius 2 is 1.91 bits per heavy atom. The molecule has 0 saturated carbocycles. The number of hydrogen-bond acceptors (Lipinski definition) is 4. The number of fused-ring (bicyclic) bond motifs is 2. The highest BCUT2D eigenvalue weighted by Crippen LogP contribution is 2.22. The van der Waals surface area contributed by atoms with Crippen molar-refractivity contribution in [2.75, 3.05) is 19.0 Å². The van der Waals surface area contributed by atoms with Gasteiger partial charge in [-0.2, -0.15) is 0 Å². The zero-order chi connectivity index (χ0) is 16.0. The van der Waals surface area contributed by atoms with Gasteiger partial charge in [-0.3, -0.25) is 4.99 Å². The van der Waals surface area contributed by atoms with E-state index in [1.807, 2.05) is 74.8 Å². The van der Waals surface area contributed by atoms with Crippen LogP contribution in [-0.4, -0.2) is 27.0 Å². The van der Waals surface area contributed by atoms with E-state index < -0.39 is 0 Å². The summed E-state index contributed by atoms with van der Waals surface area (Å²) in [5, 5.41) is 0.886. The van der Waals surface area contributed by atoms with Crippen molar-refractivity contribution in [1.29, 1.82) is 0 Å². The second-order valence-electron chi connectivity index (χ2n) is 5.76. The van der Waals surface area contributed by atoms with Crippen LogP contribution in [0.1, 0.15) is 5.56 Å². The Hall–Kier alpha value is -2.82. The van der Waals surface area contributed by atoms with Crippen LogP contribution < -0.4 is 16.0 Å². The van der Waals surface area contributed by atoms with Gasteiger partial charge in [0.05, 0.1) is 11.3 Å². The molecule has 1 aliphatic heterocycles. The van der Waals surface area contributed by atoms with Crippen LogP contribution in [0.5, 0.6) is 0 Å². The van der Waals surface area contributed by atoms with Gasteiger partial charge in [-0.25, -0.2) is 4.79 Å². The summed E-state index contributed by atoms with van der Waals surface area (Å²) in [5.41, 5.74) is 4.25. The molecule has 4 nitrogen and oxygen atoms in total. The summed E-state index contributed by atoms with van der Waals surface area (Å²) < 4.78 is 5.51. The van der Waals surface area contributed by atoms with Gasteiger partial charge < -0.3 is 9.32 Å². The number of rotatable bonds is 2. The fraction of sp³-hybridized carbons (Fsp3) is 0.111. The SMILES string of the molecule is CN(C)c1ccc2cc(C3=Nc4ccccc4[B]3)c(=O)oc2c1. The van der Waals surface area contributed by atoms with Gasteiger partial charge in [-0.1, -0.05) is 23.7 Å². The lowest BCUT2D eigenvalue weighted by atomic mass is 9.65. The van der Waals surface area contributed by atoms with Crippen molar-refractivity contribution in [2.45, 2.75) is 0 Å². The molecule has 111 valence electrons. The van der Waals surface area contributed by atoms with Crippen molar-refractivity contribution in [3.05, 3.63) is 64.5 Å². The van der Waals surface area contributed by atoms with Gasteiger partial charge >= 0.3 is 5.63 Å². The lowest BCUT2D eigenvalue weighted by Gasteiger charge is -2.12. The average Bonchev–Trinajstić information content (AvgIpc) is 2.97. The largest absolute Gasteiger partial charge is 0.422 e. The summed E-state index contributed by atoms with van der Waals surface area (Å²) in [6.07, 6.45) is 0. The number of aliphatic imine (C=N–C) groups is 1. The third kappa shape index (κ3) is 2.34. The van der Waals surface area contributed by atoms with Crippen LogP contribution in [0.3, 0.4) is 0 Å². The first-order valence-electron chi connectivity index (χ1n) is 7.40. The van der Waals surface area contributed by atoms with Gasteiger partial charge in [-0.05, 0) is 24.3 Å². The maximum atomic E-state index is 12.4. The quantitative estimate of drug-likeness (QED) is 0.539. The number of anilines is 1. The first-order chi connectivity index (χ1) is 11.1. The first kappa shape index (κ1) is 13.8. The molecule has 3 aromatic rings. The molecule has 1 aromatic heterocycles. The second kappa shape index (κ2) is 5.12. The van der Waals surface area contributed by atoms with Gasteiger partial charge in [0.1, 0.15) is 5.58 Å². The summed E-state index contributed by atoms with van der Waals surface area (Å²) in [7, 11) is 5.82. The minimum Gasteiger partial charge on any atom is -0.422 e. The standard InChI is InChI=1S/C18H14BN2O2/c1-21(2)12-8-7-11-9-13(18(22)23-16(11)10-12)17-19-14-5-3-4-6-15(14)20-17/h3-10H,1-2H3. The van der Waals surface area contributed by atoms with E-state index in [0.717, 1.165) is 22.2 Å². The molecule has 1 radical (unpaired) electrons. The maximum absolute atomic E-state index is 12.4. The fourth-order valence-electron chi connectivity index (χ4n) is 2.72. The van der Waals surface area contributed by atoms with Crippen LogP contribution in [0.25, 0.3) is 11.0 Å². The van der Waals surface area contributed by atoms with Crippen molar-refractivity contribution < 1.29 is 4.42 Å². The van der Waals surface area contributed by atoms with E-state index in [2.05, 4.69) is 4.99 Å². The van der Waals surface area contributed by atoms with Crippen molar-refractivity contribution >= 4 is 40.7 Å². The first-order valence-corrected chi connectivity index (χ1v) is 7.40. The predicted octanol–water partition coefficient (Wildman–Crippen LogP) is 2.28. The molecule has 5 heteroatoms. The monoisotopic (exact) mass is 301 g/mol. The molecular formula is C18H14BN2O2. The maximum Gasteiger partial charge on any atom is 0.344 e. The molecule has 0 atom stereocenters. The van der Waals surface area contributed by atoms with Gasteiger partial charge in [-0.15, -0.1) is 0 Å². The van der Waals surface area contributed by atoms with E-state index in [1.165, 1.54) is 0 Å². The Bertz CT molecular complexity index is 1010. The molecule has 1 aliphatic rings. The van der Waals surface area contributed by atoms with E-state index in [-0.39, 0.29) is 5.63 Å². The van der Waals surface area contributed by atoms with Gasteiger partial charge in [0.15, 0.2) is 0 Å². The van der Waals surface area contributed by atoms with Crippen molar-refractivity contribution in [1.82, 2.24) is 0 Å². The zero-order valence-electron chi connectivity index (χ0n) is 12.9. The highest BCUT2D eigenvalue weighted by atomic mass is 16.4. The van der Waals surface area contributed by atoms with Crippen LogP contribution in [0.2, 0.25) is 0 Å². The molecule has 0 spiro atoms. The summed E-state index contributed by atoms with van der Waals surface area (Å²) in [6.45, 7) is 0. The molecule has 2 aromatic carbocycles. The van der Waals surface area contributed by atoms with Crippen LogP contribution in [0.15, 0.2) is 62.7 Å². The average molecular weight is 301 g/mol. The smallest absolute Gasteiger partial charge is 0.344 e. The molecule has 0 N–H and O–H groups in total. The van der Waals surface area contributed by atoms with E-state index in [0.29, 0.717) is 16.8 Å². The Kier molecular flexibility index (Phi) is 3.08. The van der Waals surface area contributed by atoms with Gasteiger partial charge in [0, 0.05) is 36.8 Å². The van der Waals surface area contributed by atoms with Crippen LogP contribution in [0, 0.1) is 0 Å². The second-order valence-corrected chi connectivity index (χ2v) is 5.76.